The zero-order valence-electron chi connectivity index (χ0n) is 10.5. The van der Waals surface area contributed by atoms with Crippen molar-refractivity contribution in [1.82, 2.24) is 5.43 Å². The smallest absolute Gasteiger partial charge is 0.126 e. The molecule has 1 aromatic heterocycles. The Hall–Kier alpha value is -1.23. The molecule has 0 aliphatic carbocycles. The summed E-state index contributed by atoms with van der Waals surface area (Å²) < 4.78 is 13.6. The second-order valence-electron chi connectivity index (χ2n) is 4.27. The second kappa shape index (κ2) is 5.61. The van der Waals surface area contributed by atoms with E-state index in [1.807, 2.05) is 11.4 Å². The third-order valence-electron chi connectivity index (χ3n) is 3.12. The number of aryl methyl sites for hydroxylation is 2. The van der Waals surface area contributed by atoms with Gasteiger partial charge in [-0.1, -0.05) is 19.1 Å². The van der Waals surface area contributed by atoms with Crippen LogP contribution in [-0.2, 0) is 6.42 Å². The third-order valence-corrected chi connectivity index (χ3v) is 4.14. The van der Waals surface area contributed by atoms with E-state index in [0.717, 1.165) is 16.9 Å². The van der Waals surface area contributed by atoms with Crippen molar-refractivity contribution in [3.63, 3.8) is 0 Å². The molecule has 1 atom stereocenters. The maximum atomic E-state index is 13.6. The second-order valence-corrected chi connectivity index (χ2v) is 5.22. The van der Waals surface area contributed by atoms with Gasteiger partial charge in [0.15, 0.2) is 0 Å². The van der Waals surface area contributed by atoms with Gasteiger partial charge in [0.25, 0.3) is 0 Å². The molecule has 0 saturated heterocycles. The molecule has 0 spiro atoms. The number of halogens is 1. The molecule has 0 amide bonds. The molecule has 1 heterocycles. The van der Waals surface area contributed by atoms with Gasteiger partial charge < -0.3 is 0 Å². The van der Waals surface area contributed by atoms with Gasteiger partial charge in [-0.2, -0.15) is 0 Å². The van der Waals surface area contributed by atoms with Crippen LogP contribution in [0.1, 0.15) is 34.5 Å². The van der Waals surface area contributed by atoms with Crippen LogP contribution in [0.25, 0.3) is 0 Å². The highest BCUT2D eigenvalue weighted by Crippen LogP contribution is 2.30. The van der Waals surface area contributed by atoms with E-state index in [0.29, 0.717) is 5.56 Å². The number of nitrogens with one attached hydrogen (secondary N) is 1. The fourth-order valence-corrected chi connectivity index (χ4v) is 3.09. The first kappa shape index (κ1) is 13.2. The van der Waals surface area contributed by atoms with E-state index < -0.39 is 0 Å². The van der Waals surface area contributed by atoms with Crippen molar-refractivity contribution < 1.29 is 4.39 Å². The molecule has 1 unspecified atom stereocenters. The molecule has 2 rings (SSSR count). The van der Waals surface area contributed by atoms with Crippen LogP contribution in [0.5, 0.6) is 0 Å². The Labute approximate surface area is 111 Å². The lowest BCUT2D eigenvalue weighted by Gasteiger charge is -2.17. The average Bonchev–Trinajstić information content (AvgIpc) is 2.83. The maximum Gasteiger partial charge on any atom is 0.126 e. The number of benzene rings is 1. The molecular weight excluding hydrogens is 247 g/mol. The summed E-state index contributed by atoms with van der Waals surface area (Å²) in [6.07, 6.45) is 0.950. The molecule has 4 heteroatoms. The lowest BCUT2D eigenvalue weighted by molar-refractivity contribution is 0.600. The van der Waals surface area contributed by atoms with Crippen molar-refractivity contribution >= 4 is 11.3 Å². The Morgan fingerprint density at radius 3 is 2.78 bits per heavy atom. The summed E-state index contributed by atoms with van der Waals surface area (Å²) >= 11 is 1.65. The Morgan fingerprint density at radius 2 is 2.17 bits per heavy atom. The van der Waals surface area contributed by atoms with Crippen molar-refractivity contribution in [2.45, 2.75) is 26.3 Å². The van der Waals surface area contributed by atoms with E-state index in [-0.39, 0.29) is 11.9 Å². The van der Waals surface area contributed by atoms with Gasteiger partial charge in [0.1, 0.15) is 5.82 Å². The van der Waals surface area contributed by atoms with Gasteiger partial charge in [0, 0.05) is 4.88 Å². The fraction of sp³-hybridized carbons (Fsp3) is 0.286. The maximum absolute atomic E-state index is 13.6. The predicted octanol–water partition coefficient (Wildman–Crippen LogP) is 3.31. The highest BCUT2D eigenvalue weighted by Gasteiger charge is 2.17. The predicted molar refractivity (Wildman–Crippen MR) is 74.0 cm³/mol. The average molecular weight is 264 g/mol. The van der Waals surface area contributed by atoms with Gasteiger partial charge in [-0.05, 0) is 47.5 Å². The van der Waals surface area contributed by atoms with Crippen LogP contribution in [0.4, 0.5) is 4.39 Å². The Kier molecular flexibility index (Phi) is 4.11. The minimum Gasteiger partial charge on any atom is -0.271 e. The molecule has 96 valence electrons. The summed E-state index contributed by atoms with van der Waals surface area (Å²) in [4.78, 5) is 1.16. The van der Waals surface area contributed by atoms with E-state index in [2.05, 4.69) is 18.4 Å². The summed E-state index contributed by atoms with van der Waals surface area (Å²) in [6.45, 7) is 3.86. The van der Waals surface area contributed by atoms with Crippen LogP contribution in [0, 0.1) is 12.7 Å². The Balaban J connectivity index is 2.42. The lowest BCUT2D eigenvalue weighted by Crippen LogP contribution is -2.29. The number of nitrogens with two attached hydrogens (primary N) is 1. The first-order valence-corrected chi connectivity index (χ1v) is 6.83. The standard InChI is InChI=1S/C14H17FN2S/c1-3-10-6-7-18-14(10)13(17-16)11-5-4-9(2)12(15)8-11/h4-8,13,17H,3,16H2,1-2H3. The minimum absolute atomic E-state index is 0.143. The summed E-state index contributed by atoms with van der Waals surface area (Å²) in [5, 5.41) is 2.04. The van der Waals surface area contributed by atoms with Gasteiger partial charge in [-0.3, -0.25) is 5.84 Å². The molecule has 0 radical (unpaired) electrons. The summed E-state index contributed by atoms with van der Waals surface area (Å²) in [7, 11) is 0. The van der Waals surface area contributed by atoms with E-state index in [1.165, 1.54) is 5.56 Å². The first-order valence-electron chi connectivity index (χ1n) is 5.95. The molecule has 18 heavy (non-hydrogen) atoms. The van der Waals surface area contributed by atoms with Crippen molar-refractivity contribution in [3.8, 4) is 0 Å². The topological polar surface area (TPSA) is 38.0 Å². The van der Waals surface area contributed by atoms with Crippen LogP contribution >= 0.6 is 11.3 Å². The van der Waals surface area contributed by atoms with E-state index in [9.17, 15) is 4.39 Å². The third kappa shape index (κ3) is 2.46. The van der Waals surface area contributed by atoms with Gasteiger partial charge >= 0.3 is 0 Å². The molecule has 1 aromatic carbocycles. The zero-order chi connectivity index (χ0) is 13.1. The summed E-state index contributed by atoms with van der Waals surface area (Å²) in [5.74, 6) is 5.45. The van der Waals surface area contributed by atoms with Gasteiger partial charge in [-0.25, -0.2) is 9.82 Å². The number of hydrogen-bond acceptors (Lipinski definition) is 3. The zero-order valence-corrected chi connectivity index (χ0v) is 11.4. The van der Waals surface area contributed by atoms with Crippen LogP contribution < -0.4 is 11.3 Å². The lowest BCUT2D eigenvalue weighted by atomic mass is 10.0. The molecule has 2 aromatic rings. The van der Waals surface area contributed by atoms with E-state index in [4.69, 9.17) is 5.84 Å². The molecule has 2 nitrogen and oxygen atoms in total. The molecule has 0 bridgehead atoms. The SMILES string of the molecule is CCc1ccsc1C(NN)c1ccc(C)c(F)c1. The van der Waals surface area contributed by atoms with Gasteiger partial charge in [-0.15, -0.1) is 11.3 Å². The number of hydrazine groups is 1. The van der Waals surface area contributed by atoms with Crippen molar-refractivity contribution in [3.05, 3.63) is 57.0 Å². The Morgan fingerprint density at radius 1 is 1.39 bits per heavy atom. The number of rotatable bonds is 4. The molecule has 0 aliphatic rings. The van der Waals surface area contributed by atoms with Gasteiger partial charge in [0.05, 0.1) is 6.04 Å². The normalized spacial score (nSPS) is 12.7. The van der Waals surface area contributed by atoms with Gasteiger partial charge in [0.2, 0.25) is 0 Å². The first-order chi connectivity index (χ1) is 8.67. The van der Waals surface area contributed by atoms with Crippen LogP contribution in [-0.4, -0.2) is 0 Å². The Bertz CT molecular complexity index is 536. The summed E-state index contributed by atoms with van der Waals surface area (Å²) in [5.41, 5.74) is 5.55. The van der Waals surface area contributed by atoms with E-state index >= 15 is 0 Å². The van der Waals surface area contributed by atoms with E-state index in [1.54, 1.807) is 30.4 Å². The molecular formula is C14H17FN2S. The fourth-order valence-electron chi connectivity index (χ4n) is 2.00. The van der Waals surface area contributed by atoms with Crippen molar-refractivity contribution in [2.24, 2.45) is 5.84 Å². The minimum atomic E-state index is -0.192. The molecule has 0 saturated carbocycles. The molecule has 0 fully saturated rings. The monoisotopic (exact) mass is 264 g/mol. The quantitative estimate of drug-likeness (QED) is 0.657. The van der Waals surface area contributed by atoms with Crippen LogP contribution in [0.3, 0.4) is 0 Å². The summed E-state index contributed by atoms with van der Waals surface area (Å²) in [6, 6.07) is 7.21. The number of hydrogen-bond donors (Lipinski definition) is 2. The van der Waals surface area contributed by atoms with Crippen molar-refractivity contribution in [1.29, 1.82) is 0 Å². The molecule has 0 aliphatic heterocycles. The largest absolute Gasteiger partial charge is 0.271 e. The highest BCUT2D eigenvalue weighted by molar-refractivity contribution is 7.10. The van der Waals surface area contributed by atoms with Crippen LogP contribution in [0.15, 0.2) is 29.6 Å². The van der Waals surface area contributed by atoms with Crippen molar-refractivity contribution in [2.75, 3.05) is 0 Å². The van der Waals surface area contributed by atoms with Crippen LogP contribution in [0.2, 0.25) is 0 Å². The highest BCUT2D eigenvalue weighted by atomic mass is 32.1. The number of thiophene rings is 1. The molecule has 3 N–H and O–H groups in total.